The number of rotatable bonds is 4. The van der Waals surface area contributed by atoms with Gasteiger partial charge in [0, 0.05) is 11.4 Å². The molecule has 2 aromatic carbocycles. The Kier molecular flexibility index (Phi) is 4.40. The largest absolute Gasteiger partial charge is 0.397 e. The fourth-order valence-electron chi connectivity index (χ4n) is 2.40. The number of aromatic nitrogens is 1. The SMILES string of the molecule is Cc1ccc(Sc2c(N)cc(C#N)n2Cc2ccccc2)cc1. The first-order valence-electron chi connectivity index (χ1n) is 7.35. The molecule has 1 aromatic heterocycles. The lowest BCUT2D eigenvalue weighted by atomic mass is 10.2. The molecule has 0 amide bonds. The van der Waals surface area contributed by atoms with E-state index in [0.29, 0.717) is 17.9 Å². The van der Waals surface area contributed by atoms with Crippen LogP contribution in [0.15, 0.2) is 70.6 Å². The Morgan fingerprint density at radius 3 is 2.43 bits per heavy atom. The molecule has 4 heteroatoms. The van der Waals surface area contributed by atoms with Crippen LogP contribution >= 0.6 is 11.8 Å². The molecule has 0 spiro atoms. The van der Waals surface area contributed by atoms with E-state index < -0.39 is 0 Å². The molecular weight excluding hydrogens is 302 g/mol. The molecule has 23 heavy (non-hydrogen) atoms. The van der Waals surface area contributed by atoms with E-state index in [0.717, 1.165) is 15.5 Å². The lowest BCUT2D eigenvalue weighted by Gasteiger charge is -2.11. The molecule has 1 heterocycles. The fraction of sp³-hybridized carbons (Fsp3) is 0.105. The third-order valence-electron chi connectivity index (χ3n) is 3.61. The van der Waals surface area contributed by atoms with Gasteiger partial charge in [-0.3, -0.25) is 0 Å². The monoisotopic (exact) mass is 319 g/mol. The van der Waals surface area contributed by atoms with Gasteiger partial charge in [-0.15, -0.1) is 0 Å². The normalized spacial score (nSPS) is 10.4. The highest BCUT2D eigenvalue weighted by molar-refractivity contribution is 7.99. The van der Waals surface area contributed by atoms with Crippen LogP contribution in [0.3, 0.4) is 0 Å². The van der Waals surface area contributed by atoms with Crippen LogP contribution in [0.5, 0.6) is 0 Å². The maximum atomic E-state index is 9.40. The number of benzene rings is 2. The molecule has 0 aliphatic heterocycles. The van der Waals surface area contributed by atoms with Crippen molar-refractivity contribution in [3.63, 3.8) is 0 Å². The molecular formula is C19H17N3S. The van der Waals surface area contributed by atoms with Crippen LogP contribution in [0.2, 0.25) is 0 Å². The standard InChI is InChI=1S/C19H17N3S/c1-14-7-9-17(10-8-14)23-19-18(21)11-16(12-20)22(19)13-15-5-3-2-4-6-15/h2-11H,13,21H2,1H3. The summed E-state index contributed by atoms with van der Waals surface area (Å²) in [7, 11) is 0. The molecule has 2 N–H and O–H groups in total. The topological polar surface area (TPSA) is 54.7 Å². The fourth-order valence-corrected chi connectivity index (χ4v) is 3.35. The van der Waals surface area contributed by atoms with E-state index >= 15 is 0 Å². The summed E-state index contributed by atoms with van der Waals surface area (Å²) in [5.74, 6) is 0. The van der Waals surface area contributed by atoms with Gasteiger partial charge in [0.15, 0.2) is 0 Å². The molecule has 0 fully saturated rings. The predicted octanol–water partition coefficient (Wildman–Crippen LogP) is 4.45. The average molecular weight is 319 g/mol. The van der Waals surface area contributed by atoms with Crippen molar-refractivity contribution in [3.8, 4) is 6.07 Å². The molecule has 0 atom stereocenters. The van der Waals surface area contributed by atoms with Crippen LogP contribution in [0.4, 0.5) is 5.69 Å². The van der Waals surface area contributed by atoms with Crippen LogP contribution < -0.4 is 5.73 Å². The summed E-state index contributed by atoms with van der Waals surface area (Å²) in [6.45, 7) is 2.70. The summed E-state index contributed by atoms with van der Waals surface area (Å²) >= 11 is 1.59. The van der Waals surface area contributed by atoms with Gasteiger partial charge in [0.2, 0.25) is 0 Å². The van der Waals surface area contributed by atoms with Gasteiger partial charge < -0.3 is 10.3 Å². The van der Waals surface area contributed by atoms with Gasteiger partial charge in [0.25, 0.3) is 0 Å². The van der Waals surface area contributed by atoms with Gasteiger partial charge in [-0.2, -0.15) is 5.26 Å². The molecule has 0 aliphatic rings. The van der Waals surface area contributed by atoms with Crippen molar-refractivity contribution in [2.24, 2.45) is 0 Å². The van der Waals surface area contributed by atoms with Crippen molar-refractivity contribution >= 4 is 17.4 Å². The molecule has 114 valence electrons. The van der Waals surface area contributed by atoms with E-state index in [-0.39, 0.29) is 0 Å². The van der Waals surface area contributed by atoms with Gasteiger partial charge in [-0.05, 0) is 30.7 Å². The smallest absolute Gasteiger partial charge is 0.123 e. The maximum Gasteiger partial charge on any atom is 0.123 e. The minimum Gasteiger partial charge on any atom is -0.397 e. The summed E-state index contributed by atoms with van der Waals surface area (Å²) in [6, 6.07) is 22.4. The average Bonchev–Trinajstić information content (AvgIpc) is 2.86. The van der Waals surface area contributed by atoms with E-state index in [4.69, 9.17) is 5.73 Å². The molecule has 0 bridgehead atoms. The molecule has 0 saturated heterocycles. The summed E-state index contributed by atoms with van der Waals surface area (Å²) in [6.07, 6.45) is 0. The number of nitrogen functional groups attached to an aromatic ring is 1. The highest BCUT2D eigenvalue weighted by Crippen LogP contribution is 2.35. The number of anilines is 1. The number of nitrogens with two attached hydrogens (primary N) is 1. The zero-order valence-corrected chi connectivity index (χ0v) is 13.7. The van der Waals surface area contributed by atoms with Crippen molar-refractivity contribution < 1.29 is 0 Å². The summed E-state index contributed by atoms with van der Waals surface area (Å²) in [4.78, 5) is 1.11. The molecule has 3 nitrogen and oxygen atoms in total. The molecule has 3 rings (SSSR count). The second-order valence-electron chi connectivity index (χ2n) is 5.39. The minimum absolute atomic E-state index is 0.584. The lowest BCUT2D eigenvalue weighted by molar-refractivity contribution is 0.725. The van der Waals surface area contributed by atoms with Crippen molar-refractivity contribution in [2.45, 2.75) is 23.4 Å². The Balaban J connectivity index is 1.97. The first-order chi connectivity index (χ1) is 11.2. The first kappa shape index (κ1) is 15.3. The number of aryl methyl sites for hydroxylation is 1. The van der Waals surface area contributed by atoms with Crippen molar-refractivity contribution in [3.05, 3.63) is 77.5 Å². The Morgan fingerprint density at radius 1 is 1.09 bits per heavy atom. The van der Waals surface area contributed by atoms with Crippen molar-refractivity contribution in [2.75, 3.05) is 5.73 Å². The zero-order valence-electron chi connectivity index (χ0n) is 12.9. The third kappa shape index (κ3) is 3.41. The second kappa shape index (κ2) is 6.64. The Hall–Kier alpha value is -2.64. The lowest BCUT2D eigenvalue weighted by Crippen LogP contribution is -2.04. The number of hydrogen-bond acceptors (Lipinski definition) is 3. The number of nitriles is 1. The van der Waals surface area contributed by atoms with Crippen LogP contribution in [0.25, 0.3) is 0 Å². The quantitative estimate of drug-likeness (QED) is 0.773. The second-order valence-corrected chi connectivity index (χ2v) is 6.45. The van der Waals surface area contributed by atoms with Gasteiger partial charge in [-0.25, -0.2) is 0 Å². The highest BCUT2D eigenvalue weighted by atomic mass is 32.2. The maximum absolute atomic E-state index is 9.40. The first-order valence-corrected chi connectivity index (χ1v) is 8.16. The summed E-state index contributed by atoms with van der Waals surface area (Å²) < 4.78 is 1.98. The molecule has 0 aliphatic carbocycles. The third-order valence-corrected chi connectivity index (χ3v) is 4.77. The van der Waals surface area contributed by atoms with Gasteiger partial charge in [-0.1, -0.05) is 59.8 Å². The summed E-state index contributed by atoms with van der Waals surface area (Å²) in [5.41, 5.74) is 9.75. The zero-order chi connectivity index (χ0) is 16.2. The molecule has 0 saturated carbocycles. The van der Waals surface area contributed by atoms with E-state index in [1.165, 1.54) is 5.56 Å². The Morgan fingerprint density at radius 2 is 1.78 bits per heavy atom. The van der Waals surface area contributed by atoms with Crippen LogP contribution in [-0.2, 0) is 6.54 Å². The van der Waals surface area contributed by atoms with Crippen molar-refractivity contribution in [1.29, 1.82) is 5.26 Å². The van der Waals surface area contributed by atoms with E-state index in [1.807, 2.05) is 22.8 Å². The van der Waals surface area contributed by atoms with E-state index in [2.05, 4.69) is 49.4 Å². The summed E-state index contributed by atoms with van der Waals surface area (Å²) in [5, 5.41) is 10.3. The van der Waals surface area contributed by atoms with Crippen LogP contribution in [0.1, 0.15) is 16.8 Å². The van der Waals surface area contributed by atoms with Crippen LogP contribution in [0, 0.1) is 18.3 Å². The van der Waals surface area contributed by atoms with E-state index in [1.54, 1.807) is 17.8 Å². The van der Waals surface area contributed by atoms with E-state index in [9.17, 15) is 5.26 Å². The highest BCUT2D eigenvalue weighted by Gasteiger charge is 2.14. The molecule has 3 aromatic rings. The predicted molar refractivity (Wildman–Crippen MR) is 94.4 cm³/mol. The van der Waals surface area contributed by atoms with Crippen molar-refractivity contribution in [1.82, 2.24) is 4.57 Å². The van der Waals surface area contributed by atoms with Gasteiger partial charge in [0.05, 0.1) is 5.69 Å². The van der Waals surface area contributed by atoms with Crippen LogP contribution in [-0.4, -0.2) is 4.57 Å². The molecule has 0 radical (unpaired) electrons. The molecule has 0 unspecified atom stereocenters. The Bertz CT molecular complexity index is 843. The Labute approximate surface area is 140 Å². The minimum atomic E-state index is 0.584. The van der Waals surface area contributed by atoms with Gasteiger partial charge >= 0.3 is 0 Å². The number of nitrogens with zero attached hydrogens (tertiary/aromatic N) is 2. The number of hydrogen-bond donors (Lipinski definition) is 1. The van der Waals surface area contributed by atoms with Gasteiger partial charge in [0.1, 0.15) is 16.8 Å².